The molecule has 0 radical (unpaired) electrons. The summed E-state index contributed by atoms with van der Waals surface area (Å²) < 4.78 is 16.8. The topological polar surface area (TPSA) is 78.9 Å². The maximum absolute atomic E-state index is 12.8. The van der Waals surface area contributed by atoms with E-state index >= 15 is 0 Å². The third-order valence-electron chi connectivity index (χ3n) is 11.8. The van der Waals surface area contributed by atoms with E-state index in [0.717, 1.165) is 69.6 Å². The molecule has 0 saturated heterocycles. The number of hydrogen-bond acceptors (Lipinski definition) is 6. The summed E-state index contributed by atoms with van der Waals surface area (Å²) in [6.45, 7) is 11.4. The van der Waals surface area contributed by atoms with Crippen molar-refractivity contribution in [3.63, 3.8) is 0 Å². The molecule has 0 aromatic heterocycles. The fraction of sp³-hybridized carbons (Fsp3) is 0.941. The van der Waals surface area contributed by atoms with Gasteiger partial charge in [0.1, 0.15) is 13.2 Å². The van der Waals surface area contributed by atoms with Crippen molar-refractivity contribution in [2.45, 2.75) is 285 Å². The summed E-state index contributed by atoms with van der Waals surface area (Å²) in [6, 6.07) is 0. The van der Waals surface area contributed by atoms with Crippen molar-refractivity contribution < 1.29 is 28.6 Å². The molecule has 0 aliphatic carbocycles. The van der Waals surface area contributed by atoms with Crippen LogP contribution in [0.15, 0.2) is 0 Å². The van der Waals surface area contributed by atoms with Gasteiger partial charge < -0.3 is 14.2 Å². The van der Waals surface area contributed by atoms with Crippen molar-refractivity contribution in [1.29, 1.82) is 0 Å². The quantitative estimate of drug-likeness (QED) is 0.0346. The van der Waals surface area contributed by atoms with E-state index in [2.05, 4.69) is 34.6 Å². The number of rotatable bonds is 45. The molecule has 0 saturated carbocycles. The van der Waals surface area contributed by atoms with Gasteiger partial charge >= 0.3 is 17.9 Å². The molecule has 2 atom stereocenters. The predicted molar refractivity (Wildman–Crippen MR) is 243 cm³/mol. The molecule has 1 unspecified atom stereocenters. The fourth-order valence-corrected chi connectivity index (χ4v) is 7.60. The summed E-state index contributed by atoms with van der Waals surface area (Å²) in [5.41, 5.74) is 0. The number of hydrogen-bond donors (Lipinski definition) is 0. The van der Waals surface area contributed by atoms with E-state index in [4.69, 9.17) is 14.2 Å². The zero-order chi connectivity index (χ0) is 41.9. The van der Waals surface area contributed by atoms with Gasteiger partial charge in [-0.15, -0.1) is 0 Å². The Morgan fingerprint density at radius 3 is 1.00 bits per heavy atom. The van der Waals surface area contributed by atoms with Gasteiger partial charge in [0.2, 0.25) is 0 Å². The van der Waals surface area contributed by atoms with Crippen LogP contribution in [0.4, 0.5) is 0 Å². The molecule has 338 valence electrons. The van der Waals surface area contributed by atoms with Gasteiger partial charge in [-0.1, -0.05) is 240 Å². The maximum Gasteiger partial charge on any atom is 0.306 e. The Labute approximate surface area is 355 Å². The molecule has 0 bridgehead atoms. The van der Waals surface area contributed by atoms with Gasteiger partial charge in [-0.2, -0.15) is 0 Å². The molecule has 0 N–H and O–H groups in total. The van der Waals surface area contributed by atoms with Gasteiger partial charge in [0.25, 0.3) is 0 Å². The van der Waals surface area contributed by atoms with Crippen LogP contribution in [0.3, 0.4) is 0 Å². The van der Waals surface area contributed by atoms with Crippen LogP contribution >= 0.6 is 0 Å². The molecule has 6 heteroatoms. The molecule has 0 aliphatic rings. The molecule has 0 spiro atoms. The Bertz CT molecular complexity index is 872. The van der Waals surface area contributed by atoms with Crippen molar-refractivity contribution in [3.05, 3.63) is 0 Å². The van der Waals surface area contributed by atoms with Gasteiger partial charge in [0.05, 0.1) is 0 Å². The average Bonchev–Trinajstić information content (AvgIpc) is 3.19. The Hall–Kier alpha value is -1.59. The first-order valence-corrected chi connectivity index (χ1v) is 25.3. The Morgan fingerprint density at radius 1 is 0.368 bits per heavy atom. The normalized spacial score (nSPS) is 12.5. The SMILES string of the molecule is CCCCCCCCCCCCCCCC(=O)O[C@@H](COC(=O)CCCCCCCCCCCCC(C)CC)COC(=O)CCCCCCCCCCCC(C)C. The van der Waals surface area contributed by atoms with Crippen LogP contribution in [0.2, 0.25) is 0 Å². The van der Waals surface area contributed by atoms with Crippen molar-refractivity contribution in [1.82, 2.24) is 0 Å². The molecule has 0 rings (SSSR count). The summed E-state index contributed by atoms with van der Waals surface area (Å²) in [7, 11) is 0. The molecule has 6 nitrogen and oxygen atoms in total. The molecule has 0 aromatic carbocycles. The van der Waals surface area contributed by atoms with E-state index < -0.39 is 6.10 Å². The standard InChI is InChI=1S/C51H98O6/c1-6-8-9-10-11-12-13-14-15-22-28-33-38-43-51(54)57-48(45-56-50(53)42-37-32-27-23-18-19-24-29-34-39-46(3)4)44-55-49(52)41-36-31-26-21-17-16-20-25-30-35-40-47(5)7-2/h46-48H,6-45H2,1-5H3/t47?,48-/m0/s1. The Kier molecular flexibility index (Phi) is 42.7. The predicted octanol–water partition coefficient (Wildman–Crippen LogP) is 16.1. The van der Waals surface area contributed by atoms with E-state index in [1.807, 2.05) is 0 Å². The zero-order valence-electron chi connectivity index (χ0n) is 39.0. The van der Waals surface area contributed by atoms with E-state index in [1.54, 1.807) is 0 Å². The Balaban J connectivity index is 4.33. The lowest BCUT2D eigenvalue weighted by molar-refractivity contribution is -0.167. The number of carbonyl (C=O) groups is 3. The van der Waals surface area contributed by atoms with Crippen molar-refractivity contribution in [2.24, 2.45) is 11.8 Å². The molecule has 0 aromatic rings. The highest BCUT2D eigenvalue weighted by Gasteiger charge is 2.19. The molecular formula is C51H98O6. The minimum absolute atomic E-state index is 0.0642. The van der Waals surface area contributed by atoms with Gasteiger partial charge in [0, 0.05) is 19.3 Å². The van der Waals surface area contributed by atoms with Gasteiger partial charge in [-0.05, 0) is 31.1 Å². The van der Waals surface area contributed by atoms with Crippen LogP contribution in [-0.4, -0.2) is 37.2 Å². The van der Waals surface area contributed by atoms with Crippen LogP contribution < -0.4 is 0 Å². The summed E-state index contributed by atoms with van der Waals surface area (Å²) >= 11 is 0. The second-order valence-corrected chi connectivity index (χ2v) is 18.2. The summed E-state index contributed by atoms with van der Waals surface area (Å²) in [5.74, 6) is 0.827. The Morgan fingerprint density at radius 2 is 0.667 bits per heavy atom. The van der Waals surface area contributed by atoms with Gasteiger partial charge in [0.15, 0.2) is 6.10 Å². The van der Waals surface area contributed by atoms with Crippen LogP contribution in [0, 0.1) is 11.8 Å². The van der Waals surface area contributed by atoms with Crippen molar-refractivity contribution >= 4 is 17.9 Å². The molecular weight excluding hydrogens is 709 g/mol. The zero-order valence-corrected chi connectivity index (χ0v) is 39.0. The van der Waals surface area contributed by atoms with Crippen molar-refractivity contribution in [3.8, 4) is 0 Å². The monoisotopic (exact) mass is 807 g/mol. The second kappa shape index (κ2) is 44.0. The van der Waals surface area contributed by atoms with E-state index in [1.165, 1.54) is 167 Å². The summed E-state index contributed by atoms with van der Waals surface area (Å²) in [6.07, 6.45) is 43.6. The van der Waals surface area contributed by atoms with E-state index in [-0.39, 0.29) is 31.1 Å². The average molecular weight is 807 g/mol. The highest BCUT2D eigenvalue weighted by Crippen LogP contribution is 2.18. The molecule has 0 aliphatic heterocycles. The number of esters is 3. The van der Waals surface area contributed by atoms with Crippen LogP contribution in [-0.2, 0) is 28.6 Å². The lowest BCUT2D eigenvalue weighted by Crippen LogP contribution is -2.30. The fourth-order valence-electron chi connectivity index (χ4n) is 7.60. The maximum atomic E-state index is 12.8. The number of carbonyl (C=O) groups excluding carboxylic acids is 3. The first kappa shape index (κ1) is 55.4. The molecule has 0 fully saturated rings. The van der Waals surface area contributed by atoms with Crippen LogP contribution in [0.1, 0.15) is 279 Å². The lowest BCUT2D eigenvalue weighted by Gasteiger charge is -2.18. The summed E-state index contributed by atoms with van der Waals surface area (Å²) in [5, 5.41) is 0. The molecule has 0 heterocycles. The minimum Gasteiger partial charge on any atom is -0.462 e. The number of unbranched alkanes of at least 4 members (excludes halogenated alkanes) is 29. The molecule has 57 heavy (non-hydrogen) atoms. The van der Waals surface area contributed by atoms with E-state index in [0.29, 0.717) is 19.3 Å². The first-order valence-electron chi connectivity index (χ1n) is 25.3. The highest BCUT2D eigenvalue weighted by molar-refractivity contribution is 5.71. The van der Waals surface area contributed by atoms with Gasteiger partial charge in [-0.25, -0.2) is 0 Å². The third-order valence-corrected chi connectivity index (χ3v) is 11.8. The van der Waals surface area contributed by atoms with Gasteiger partial charge in [-0.3, -0.25) is 14.4 Å². The van der Waals surface area contributed by atoms with E-state index in [9.17, 15) is 14.4 Å². The summed E-state index contributed by atoms with van der Waals surface area (Å²) in [4.78, 5) is 37.9. The van der Waals surface area contributed by atoms with Crippen molar-refractivity contribution in [2.75, 3.05) is 13.2 Å². The molecule has 0 amide bonds. The minimum atomic E-state index is -0.761. The number of ether oxygens (including phenoxy) is 3. The second-order valence-electron chi connectivity index (χ2n) is 18.2. The first-order chi connectivity index (χ1) is 27.8. The van der Waals surface area contributed by atoms with Crippen LogP contribution in [0.5, 0.6) is 0 Å². The lowest BCUT2D eigenvalue weighted by atomic mass is 9.99. The third kappa shape index (κ3) is 43.8. The smallest absolute Gasteiger partial charge is 0.306 e. The largest absolute Gasteiger partial charge is 0.462 e. The highest BCUT2D eigenvalue weighted by atomic mass is 16.6. The van der Waals surface area contributed by atoms with Crippen LogP contribution in [0.25, 0.3) is 0 Å².